The Morgan fingerprint density at radius 1 is 0.861 bits per heavy atom. The van der Waals surface area contributed by atoms with Gasteiger partial charge >= 0.3 is 5.97 Å². The van der Waals surface area contributed by atoms with E-state index < -0.39 is 12.1 Å². The minimum absolute atomic E-state index is 0.200. The Kier molecular flexibility index (Phi) is 6.63. The van der Waals surface area contributed by atoms with E-state index in [1.54, 1.807) is 43.3 Å². The lowest BCUT2D eigenvalue weighted by Gasteiger charge is -2.18. The Morgan fingerprint density at radius 3 is 2.22 bits per heavy atom. The van der Waals surface area contributed by atoms with Crippen molar-refractivity contribution in [2.75, 3.05) is 6.61 Å². The zero-order valence-electron chi connectivity index (χ0n) is 19.7. The van der Waals surface area contributed by atoms with Crippen molar-refractivity contribution in [3.05, 3.63) is 126 Å². The molecule has 0 radical (unpaired) electrons. The number of esters is 1. The number of carbonyl (C=O) groups excluding carboxylic acids is 2. The third-order valence-electron chi connectivity index (χ3n) is 5.81. The predicted molar refractivity (Wildman–Crippen MR) is 138 cm³/mol. The van der Waals surface area contributed by atoms with Gasteiger partial charge in [-0.2, -0.15) is 0 Å². The Labute approximate surface area is 209 Å². The van der Waals surface area contributed by atoms with Crippen LogP contribution in [0.5, 0.6) is 11.5 Å². The number of benzene rings is 4. The lowest BCUT2D eigenvalue weighted by atomic mass is 10.0. The van der Waals surface area contributed by atoms with Crippen LogP contribution < -0.4 is 9.47 Å². The smallest absolute Gasteiger partial charge is 0.352 e. The van der Waals surface area contributed by atoms with Crippen LogP contribution in [0, 0.1) is 0 Å². The summed E-state index contributed by atoms with van der Waals surface area (Å²) in [4.78, 5) is 25.5. The molecular formula is C31H24O5. The van der Waals surface area contributed by atoms with Crippen molar-refractivity contribution >= 4 is 17.8 Å². The van der Waals surface area contributed by atoms with Gasteiger partial charge in [-0.05, 0) is 41.8 Å². The predicted octanol–water partition coefficient (Wildman–Crippen LogP) is 6.65. The first-order valence-electron chi connectivity index (χ1n) is 11.7. The van der Waals surface area contributed by atoms with Crippen molar-refractivity contribution in [1.82, 2.24) is 0 Å². The molecule has 1 atom stereocenters. The summed E-state index contributed by atoms with van der Waals surface area (Å²) in [7, 11) is 0. The van der Waals surface area contributed by atoms with E-state index in [4.69, 9.17) is 14.2 Å². The van der Waals surface area contributed by atoms with E-state index in [9.17, 15) is 9.59 Å². The van der Waals surface area contributed by atoms with Crippen molar-refractivity contribution in [2.24, 2.45) is 0 Å². The monoisotopic (exact) mass is 476 g/mol. The molecule has 4 aromatic carbocycles. The van der Waals surface area contributed by atoms with E-state index in [1.165, 1.54) is 0 Å². The average molecular weight is 477 g/mol. The van der Waals surface area contributed by atoms with E-state index in [1.807, 2.05) is 60.7 Å². The van der Waals surface area contributed by atoms with Crippen LogP contribution in [0.2, 0.25) is 0 Å². The van der Waals surface area contributed by atoms with Gasteiger partial charge in [-0.3, -0.25) is 4.79 Å². The summed E-state index contributed by atoms with van der Waals surface area (Å²) >= 11 is 0. The number of hydrogen-bond acceptors (Lipinski definition) is 5. The van der Waals surface area contributed by atoms with Crippen LogP contribution in [-0.2, 0) is 9.53 Å². The van der Waals surface area contributed by atoms with Crippen LogP contribution in [0.15, 0.2) is 109 Å². The molecule has 0 spiro atoms. The first kappa shape index (κ1) is 23.1. The molecule has 0 aliphatic carbocycles. The minimum Gasteiger partial charge on any atom is -0.474 e. The molecule has 0 N–H and O–H groups in total. The maximum Gasteiger partial charge on any atom is 0.352 e. The van der Waals surface area contributed by atoms with Crippen LogP contribution >= 0.6 is 0 Å². The Morgan fingerprint density at radius 2 is 1.53 bits per heavy atom. The molecule has 0 saturated carbocycles. The average Bonchev–Trinajstić information content (AvgIpc) is 3.23. The first-order chi connectivity index (χ1) is 17.6. The van der Waals surface area contributed by atoms with Gasteiger partial charge in [0.25, 0.3) is 0 Å². The standard InChI is InChI=1S/C31H24O5/c1-2-34-31(33)30(24-11-7-4-8-12-24)35-25-17-18-26-27(20-25)36-28(29(26)32)19-21-13-15-23(16-14-21)22-9-5-3-6-10-22/h3-20,30H,2H2,1H3. The van der Waals surface area contributed by atoms with Gasteiger partial charge in [0.1, 0.15) is 11.5 Å². The molecule has 1 unspecified atom stereocenters. The summed E-state index contributed by atoms with van der Waals surface area (Å²) in [6, 6.07) is 32.1. The number of rotatable bonds is 7. The third-order valence-corrected chi connectivity index (χ3v) is 5.81. The molecule has 0 fully saturated rings. The number of ether oxygens (including phenoxy) is 3. The van der Waals surface area contributed by atoms with E-state index >= 15 is 0 Å². The van der Waals surface area contributed by atoms with Crippen molar-refractivity contribution in [3.8, 4) is 22.6 Å². The molecule has 4 aromatic rings. The summed E-state index contributed by atoms with van der Waals surface area (Å²) < 4.78 is 17.1. The first-order valence-corrected chi connectivity index (χ1v) is 11.7. The number of fused-ring (bicyclic) bond motifs is 1. The van der Waals surface area contributed by atoms with Crippen molar-refractivity contribution < 1.29 is 23.8 Å². The van der Waals surface area contributed by atoms with Gasteiger partial charge in [-0.15, -0.1) is 0 Å². The molecule has 1 heterocycles. The Balaban J connectivity index is 1.35. The molecule has 5 nitrogen and oxygen atoms in total. The van der Waals surface area contributed by atoms with Gasteiger partial charge in [0.2, 0.25) is 11.9 Å². The van der Waals surface area contributed by atoms with Crippen molar-refractivity contribution in [3.63, 3.8) is 0 Å². The van der Waals surface area contributed by atoms with E-state index in [0.717, 1.165) is 16.7 Å². The number of ketones is 1. The molecule has 1 aliphatic rings. The minimum atomic E-state index is -0.931. The second-order valence-corrected chi connectivity index (χ2v) is 8.25. The lowest BCUT2D eigenvalue weighted by Crippen LogP contribution is -2.21. The Bertz CT molecular complexity index is 1410. The van der Waals surface area contributed by atoms with Crippen LogP contribution in [-0.4, -0.2) is 18.4 Å². The van der Waals surface area contributed by atoms with Crippen LogP contribution in [0.1, 0.15) is 34.5 Å². The second kappa shape index (κ2) is 10.3. The second-order valence-electron chi connectivity index (χ2n) is 8.25. The molecule has 5 heteroatoms. The van der Waals surface area contributed by atoms with E-state index in [2.05, 4.69) is 12.1 Å². The fraction of sp³-hybridized carbons (Fsp3) is 0.0968. The lowest BCUT2D eigenvalue weighted by molar-refractivity contribution is -0.151. The molecular weight excluding hydrogens is 452 g/mol. The fourth-order valence-electron chi connectivity index (χ4n) is 4.03. The maximum absolute atomic E-state index is 12.9. The molecule has 1 aliphatic heterocycles. The zero-order chi connectivity index (χ0) is 24.9. The molecule has 178 valence electrons. The van der Waals surface area contributed by atoms with Gasteiger partial charge in [0.05, 0.1) is 12.2 Å². The molecule has 36 heavy (non-hydrogen) atoms. The molecule has 0 aromatic heterocycles. The fourth-order valence-corrected chi connectivity index (χ4v) is 4.03. The molecule has 0 saturated heterocycles. The number of hydrogen-bond donors (Lipinski definition) is 0. The van der Waals surface area contributed by atoms with Crippen LogP contribution in [0.4, 0.5) is 0 Å². The number of allylic oxidation sites excluding steroid dienone is 1. The normalized spacial score (nSPS) is 14.1. The highest BCUT2D eigenvalue weighted by molar-refractivity contribution is 6.14. The SMILES string of the molecule is CCOC(=O)C(Oc1ccc2c(c1)OC(=Cc1ccc(-c3ccccc3)cc1)C2=O)c1ccccc1. The highest BCUT2D eigenvalue weighted by Gasteiger charge is 2.29. The van der Waals surface area contributed by atoms with Crippen molar-refractivity contribution in [2.45, 2.75) is 13.0 Å². The van der Waals surface area contributed by atoms with Crippen molar-refractivity contribution in [1.29, 1.82) is 0 Å². The van der Waals surface area contributed by atoms with E-state index in [-0.39, 0.29) is 18.1 Å². The summed E-state index contributed by atoms with van der Waals surface area (Å²) in [5.41, 5.74) is 4.20. The van der Waals surface area contributed by atoms with E-state index in [0.29, 0.717) is 22.6 Å². The third kappa shape index (κ3) is 4.91. The van der Waals surface area contributed by atoms with Gasteiger partial charge < -0.3 is 14.2 Å². The number of Topliss-reactive ketones (excluding diaryl/α,β-unsaturated/α-hetero) is 1. The van der Waals surface area contributed by atoms with Gasteiger partial charge in [0, 0.05) is 11.6 Å². The quantitative estimate of drug-likeness (QED) is 0.221. The zero-order valence-corrected chi connectivity index (χ0v) is 19.7. The summed E-state index contributed by atoms with van der Waals surface area (Å²) in [6.45, 7) is 1.99. The summed E-state index contributed by atoms with van der Waals surface area (Å²) in [6.07, 6.45) is 0.794. The molecule has 0 bridgehead atoms. The summed E-state index contributed by atoms with van der Waals surface area (Å²) in [5, 5.41) is 0. The van der Waals surface area contributed by atoms with Crippen LogP contribution in [0.3, 0.4) is 0 Å². The largest absolute Gasteiger partial charge is 0.474 e. The highest BCUT2D eigenvalue weighted by Crippen LogP contribution is 2.36. The van der Waals surface area contributed by atoms with Gasteiger partial charge in [0.15, 0.2) is 5.76 Å². The Hall–Kier alpha value is -4.64. The highest BCUT2D eigenvalue weighted by atomic mass is 16.6. The topological polar surface area (TPSA) is 61.8 Å². The number of carbonyl (C=O) groups is 2. The van der Waals surface area contributed by atoms with Gasteiger partial charge in [-0.25, -0.2) is 4.79 Å². The molecule has 0 amide bonds. The summed E-state index contributed by atoms with van der Waals surface area (Å²) in [5.74, 6) is 0.339. The van der Waals surface area contributed by atoms with Gasteiger partial charge in [-0.1, -0.05) is 84.9 Å². The maximum atomic E-state index is 12.9. The van der Waals surface area contributed by atoms with Crippen LogP contribution in [0.25, 0.3) is 17.2 Å². The molecule has 5 rings (SSSR count).